The highest BCUT2D eigenvalue weighted by Gasteiger charge is 2.33. The molecular weight excluding hydrogens is 524 g/mol. The molecule has 7 aromatic rings. The molecule has 4 nitrogen and oxygen atoms in total. The lowest BCUT2D eigenvalue weighted by molar-refractivity contribution is 0.359. The SMILES string of the molecule is [2H]C([2H])([2H])c1cccc2c3nc(C(C)(C)c4cccc(-c5ccc6c(c5)C5CCC6CC5)n4)ccc3n3c4ccccc4nc3c12. The number of hydrogen-bond donors (Lipinski definition) is 0. The van der Waals surface area contributed by atoms with Crippen molar-refractivity contribution in [2.45, 2.75) is 63.6 Å². The Bertz CT molecular complexity index is 2360. The van der Waals surface area contributed by atoms with E-state index in [4.69, 9.17) is 19.1 Å². The van der Waals surface area contributed by atoms with Crippen molar-refractivity contribution in [3.8, 4) is 11.3 Å². The second-order valence-electron chi connectivity index (χ2n) is 13.0. The van der Waals surface area contributed by atoms with Crippen LogP contribution in [0.3, 0.4) is 0 Å². The molecule has 1 fully saturated rings. The molecule has 1 saturated carbocycles. The Balaban J connectivity index is 1.22. The summed E-state index contributed by atoms with van der Waals surface area (Å²) in [6.45, 7) is 2.03. The van der Waals surface area contributed by atoms with Crippen molar-refractivity contribution in [3.63, 3.8) is 0 Å². The summed E-state index contributed by atoms with van der Waals surface area (Å²) < 4.78 is 27.1. The lowest BCUT2D eigenvalue weighted by Gasteiger charge is -2.38. The lowest BCUT2D eigenvalue weighted by atomic mass is 9.67. The number of rotatable bonds is 3. The Morgan fingerprint density at radius 1 is 0.721 bits per heavy atom. The van der Waals surface area contributed by atoms with E-state index in [0.717, 1.165) is 50.5 Å². The number of para-hydroxylation sites is 2. The van der Waals surface area contributed by atoms with Gasteiger partial charge in [0.2, 0.25) is 0 Å². The highest BCUT2D eigenvalue weighted by atomic mass is 15.0. The quantitative estimate of drug-likeness (QED) is 0.202. The van der Waals surface area contributed by atoms with Gasteiger partial charge in [-0.25, -0.2) is 9.97 Å². The van der Waals surface area contributed by atoms with Gasteiger partial charge in [-0.15, -0.1) is 0 Å². The fourth-order valence-electron chi connectivity index (χ4n) is 7.86. The van der Waals surface area contributed by atoms with Gasteiger partial charge in [0.15, 0.2) is 0 Å². The van der Waals surface area contributed by atoms with Crippen LogP contribution < -0.4 is 0 Å². The largest absolute Gasteiger partial charge is 0.290 e. The van der Waals surface area contributed by atoms with Gasteiger partial charge in [-0.05, 0) is 117 Å². The Labute approximate surface area is 255 Å². The number of pyridine rings is 3. The van der Waals surface area contributed by atoms with E-state index in [2.05, 4.69) is 66.8 Å². The second kappa shape index (κ2) is 8.97. The van der Waals surface area contributed by atoms with Gasteiger partial charge >= 0.3 is 0 Å². The first-order chi connectivity index (χ1) is 22.2. The predicted molar refractivity (Wildman–Crippen MR) is 176 cm³/mol. The molecule has 10 rings (SSSR count). The minimum absolute atomic E-state index is 0.284. The molecule has 4 heterocycles. The van der Waals surface area contributed by atoms with E-state index in [-0.39, 0.29) is 5.56 Å². The number of nitrogens with zero attached hydrogens (tertiary/aromatic N) is 4. The zero-order valence-electron chi connectivity index (χ0n) is 27.4. The lowest BCUT2D eigenvalue weighted by Crippen LogP contribution is -2.23. The number of imidazole rings is 1. The van der Waals surface area contributed by atoms with Crippen molar-refractivity contribution in [1.29, 1.82) is 0 Å². The van der Waals surface area contributed by atoms with Crippen LogP contribution in [0.25, 0.3) is 49.7 Å². The van der Waals surface area contributed by atoms with Crippen LogP contribution in [0.15, 0.2) is 91.0 Å². The third-order valence-electron chi connectivity index (χ3n) is 10.2. The summed E-state index contributed by atoms with van der Waals surface area (Å²) in [4.78, 5) is 15.5. The molecule has 0 aliphatic heterocycles. The van der Waals surface area contributed by atoms with E-state index in [9.17, 15) is 0 Å². The van der Waals surface area contributed by atoms with Crippen LogP contribution in [0.2, 0.25) is 0 Å². The van der Waals surface area contributed by atoms with Crippen LogP contribution >= 0.6 is 0 Å². The van der Waals surface area contributed by atoms with Crippen LogP contribution in [-0.4, -0.2) is 19.4 Å². The molecule has 0 amide bonds. The molecule has 210 valence electrons. The molecule has 43 heavy (non-hydrogen) atoms. The summed E-state index contributed by atoms with van der Waals surface area (Å²) in [5, 5.41) is 1.41. The average molecular weight is 562 g/mol. The molecule has 3 aromatic carbocycles. The molecule has 4 heteroatoms. The van der Waals surface area contributed by atoms with Gasteiger partial charge in [0, 0.05) is 25.9 Å². The van der Waals surface area contributed by atoms with Crippen LogP contribution in [0.1, 0.15) is 83.6 Å². The van der Waals surface area contributed by atoms with Crippen LogP contribution in [0.5, 0.6) is 0 Å². The molecule has 4 aromatic heterocycles. The van der Waals surface area contributed by atoms with Crippen molar-refractivity contribution in [1.82, 2.24) is 19.4 Å². The van der Waals surface area contributed by atoms with Gasteiger partial charge in [-0.2, -0.15) is 0 Å². The Morgan fingerprint density at radius 3 is 2.37 bits per heavy atom. The van der Waals surface area contributed by atoms with Crippen molar-refractivity contribution in [3.05, 3.63) is 119 Å². The van der Waals surface area contributed by atoms with E-state index in [1.807, 2.05) is 36.4 Å². The molecule has 0 atom stereocenters. The highest BCUT2D eigenvalue weighted by molar-refractivity contribution is 6.13. The fourth-order valence-corrected chi connectivity index (χ4v) is 7.86. The normalized spacial score (nSPS) is 19.5. The Hall–Kier alpha value is -4.57. The van der Waals surface area contributed by atoms with Gasteiger partial charge < -0.3 is 0 Å². The van der Waals surface area contributed by atoms with Crippen molar-refractivity contribution < 1.29 is 4.11 Å². The Kier molecular flexibility index (Phi) is 4.60. The summed E-state index contributed by atoms with van der Waals surface area (Å²) >= 11 is 0. The van der Waals surface area contributed by atoms with Crippen LogP contribution in [0, 0.1) is 6.85 Å². The van der Waals surface area contributed by atoms with Gasteiger partial charge in [0.05, 0.1) is 39.1 Å². The van der Waals surface area contributed by atoms with E-state index < -0.39 is 12.3 Å². The molecule has 3 aliphatic rings. The minimum Gasteiger partial charge on any atom is -0.290 e. The molecule has 0 radical (unpaired) electrons. The molecule has 0 saturated heterocycles. The monoisotopic (exact) mass is 561 g/mol. The summed E-state index contributed by atoms with van der Waals surface area (Å²) in [5.41, 5.74) is 10.8. The van der Waals surface area contributed by atoms with Crippen LogP contribution in [-0.2, 0) is 5.41 Å². The van der Waals surface area contributed by atoms with Gasteiger partial charge in [-0.1, -0.05) is 48.5 Å². The summed E-state index contributed by atoms with van der Waals surface area (Å²) in [6.07, 6.45) is 5.26. The number of hydrogen-bond acceptors (Lipinski definition) is 3. The maximum Gasteiger partial charge on any atom is 0.146 e. The maximum absolute atomic E-state index is 8.36. The molecular formula is C39H34N4. The van der Waals surface area contributed by atoms with Gasteiger partial charge in [0.25, 0.3) is 0 Å². The third kappa shape index (κ3) is 3.59. The standard InChI is InChI=1S/C39H34N4/c1-23-8-6-9-28-36(23)38-41-31-10-4-5-12-32(31)43(38)33-20-21-35(42-37(28)33)39(2,3)34-13-7-11-30(40-34)26-18-19-27-24-14-16-25(17-15-24)29(27)22-26/h4-13,18-22,24-25H,14-17H2,1-3H3/i1D3. The van der Waals surface area contributed by atoms with Crippen molar-refractivity contribution in [2.75, 3.05) is 0 Å². The molecule has 3 aliphatic carbocycles. The first-order valence-electron chi connectivity index (χ1n) is 16.9. The average Bonchev–Trinajstić information content (AvgIpc) is 3.48. The van der Waals surface area contributed by atoms with E-state index in [0.29, 0.717) is 17.0 Å². The third-order valence-corrected chi connectivity index (χ3v) is 10.2. The van der Waals surface area contributed by atoms with Gasteiger partial charge in [0.1, 0.15) is 5.65 Å². The smallest absolute Gasteiger partial charge is 0.146 e. The summed E-state index contributed by atoms with van der Waals surface area (Å²) in [7, 11) is 0. The number of aryl methyl sites for hydroxylation is 1. The summed E-state index contributed by atoms with van der Waals surface area (Å²) in [5.74, 6) is 1.40. The van der Waals surface area contributed by atoms with Crippen molar-refractivity contribution in [2.24, 2.45) is 0 Å². The topological polar surface area (TPSA) is 43.1 Å². The van der Waals surface area contributed by atoms with Gasteiger partial charge in [-0.3, -0.25) is 9.38 Å². The first kappa shape index (κ1) is 22.0. The van der Waals surface area contributed by atoms with Crippen LogP contribution in [0.4, 0.5) is 0 Å². The predicted octanol–water partition coefficient (Wildman–Crippen LogP) is 9.64. The molecule has 2 bridgehead atoms. The molecule has 0 N–H and O–H groups in total. The van der Waals surface area contributed by atoms with Crippen molar-refractivity contribution >= 4 is 38.5 Å². The second-order valence-corrected chi connectivity index (χ2v) is 13.0. The fraction of sp³-hybridized carbons (Fsp3) is 0.256. The first-order valence-corrected chi connectivity index (χ1v) is 15.4. The van der Waals surface area contributed by atoms with E-state index in [1.165, 1.54) is 36.8 Å². The minimum atomic E-state index is -2.30. The molecule has 0 unspecified atom stereocenters. The Morgan fingerprint density at radius 2 is 1.51 bits per heavy atom. The number of fused-ring (bicyclic) bond motifs is 10. The zero-order valence-corrected chi connectivity index (χ0v) is 24.4. The zero-order chi connectivity index (χ0) is 31.4. The summed E-state index contributed by atoms with van der Waals surface area (Å²) in [6, 6.07) is 30.9. The van der Waals surface area contributed by atoms with E-state index in [1.54, 1.807) is 11.6 Å². The number of benzene rings is 3. The van der Waals surface area contributed by atoms with E-state index >= 15 is 0 Å². The number of aromatic nitrogens is 4. The highest BCUT2D eigenvalue weighted by Crippen LogP contribution is 2.50. The maximum atomic E-state index is 8.36. The molecule has 0 spiro atoms.